The largest absolute Gasteiger partial charge is 0.352 e. The summed E-state index contributed by atoms with van der Waals surface area (Å²) in [4.78, 5) is 12.3. The molecule has 2 aromatic carbocycles. The van der Waals surface area contributed by atoms with Gasteiger partial charge in [0.05, 0.1) is 10.8 Å². The normalized spacial score (nSPS) is 12.3. The third kappa shape index (κ3) is 5.10. The zero-order valence-corrected chi connectivity index (χ0v) is 13.0. The Kier molecular flexibility index (Phi) is 6.17. The zero-order valence-electron chi connectivity index (χ0n) is 12.2. The van der Waals surface area contributed by atoms with Crippen LogP contribution in [-0.4, -0.2) is 22.4 Å². The van der Waals surface area contributed by atoms with Gasteiger partial charge in [0.15, 0.2) is 0 Å². The molecule has 6 heteroatoms. The molecule has 0 unspecified atom stereocenters. The van der Waals surface area contributed by atoms with Crippen molar-refractivity contribution in [1.82, 2.24) is 5.32 Å². The Hall–Kier alpha value is -2.34. The summed E-state index contributed by atoms with van der Waals surface area (Å²) in [5, 5.41) is 2.53. The van der Waals surface area contributed by atoms with Crippen LogP contribution in [0.4, 0.5) is 8.78 Å². The fraction of sp³-hybridized carbons (Fsp3) is 0.118. The molecule has 1 atom stereocenters. The van der Waals surface area contributed by atoms with Crippen LogP contribution in [0.15, 0.2) is 59.5 Å². The average molecular weight is 335 g/mol. The highest BCUT2D eigenvalue weighted by Crippen LogP contribution is 2.13. The molecule has 0 aliphatic carbocycles. The SMILES string of the molecule is O=C(/C=C\c1c(F)cccc1F)NCC[S@@](=O)c1ccccc1. The van der Waals surface area contributed by atoms with Crippen LogP contribution in [0, 0.1) is 11.6 Å². The van der Waals surface area contributed by atoms with E-state index in [2.05, 4.69) is 5.32 Å². The first-order valence-electron chi connectivity index (χ1n) is 6.91. The first-order chi connectivity index (χ1) is 11.1. The van der Waals surface area contributed by atoms with Crippen molar-refractivity contribution in [1.29, 1.82) is 0 Å². The number of hydrogen-bond acceptors (Lipinski definition) is 2. The summed E-state index contributed by atoms with van der Waals surface area (Å²) in [6.07, 6.45) is 2.13. The van der Waals surface area contributed by atoms with Crippen LogP contribution < -0.4 is 5.32 Å². The minimum atomic E-state index is -1.21. The predicted octanol–water partition coefficient (Wildman–Crippen LogP) is 2.90. The summed E-state index contributed by atoms with van der Waals surface area (Å²) in [6.45, 7) is 0.199. The van der Waals surface area contributed by atoms with E-state index in [1.54, 1.807) is 24.3 Å². The molecule has 0 bridgehead atoms. The van der Waals surface area contributed by atoms with Crippen LogP contribution in [0.5, 0.6) is 0 Å². The van der Waals surface area contributed by atoms with Crippen molar-refractivity contribution in [2.45, 2.75) is 4.90 Å². The number of benzene rings is 2. The molecule has 0 aliphatic heterocycles. The smallest absolute Gasteiger partial charge is 0.244 e. The second kappa shape index (κ2) is 8.33. The van der Waals surface area contributed by atoms with Gasteiger partial charge in [-0.15, -0.1) is 0 Å². The lowest BCUT2D eigenvalue weighted by Gasteiger charge is -2.03. The van der Waals surface area contributed by atoms with Crippen molar-refractivity contribution in [3.63, 3.8) is 0 Å². The fourth-order valence-corrected chi connectivity index (χ4v) is 2.83. The maximum Gasteiger partial charge on any atom is 0.244 e. The van der Waals surface area contributed by atoms with Gasteiger partial charge in [-0.1, -0.05) is 24.3 Å². The number of carbonyl (C=O) groups is 1. The van der Waals surface area contributed by atoms with Crippen molar-refractivity contribution in [3.8, 4) is 0 Å². The van der Waals surface area contributed by atoms with Gasteiger partial charge >= 0.3 is 0 Å². The Morgan fingerprint density at radius 1 is 1.04 bits per heavy atom. The van der Waals surface area contributed by atoms with Gasteiger partial charge in [0.1, 0.15) is 11.6 Å². The van der Waals surface area contributed by atoms with Gasteiger partial charge in [0, 0.05) is 28.8 Å². The topological polar surface area (TPSA) is 46.2 Å². The first-order valence-corrected chi connectivity index (χ1v) is 8.23. The second-order valence-corrected chi connectivity index (χ2v) is 6.19. The number of nitrogens with one attached hydrogen (secondary N) is 1. The predicted molar refractivity (Wildman–Crippen MR) is 86.1 cm³/mol. The molecule has 0 aromatic heterocycles. The second-order valence-electron chi connectivity index (χ2n) is 4.62. The number of amides is 1. The van der Waals surface area contributed by atoms with Gasteiger partial charge in [-0.05, 0) is 30.3 Å². The minimum absolute atomic E-state index is 0.199. The van der Waals surface area contributed by atoms with E-state index in [-0.39, 0.29) is 17.9 Å². The standard InChI is InChI=1S/C17H15F2NO2S/c18-15-7-4-8-16(19)14(15)9-10-17(21)20-11-12-23(22)13-5-2-1-3-6-13/h1-10H,11-12H2,(H,20,21)/b10-9-/t23-/m1/s1. The van der Waals surface area contributed by atoms with E-state index in [0.717, 1.165) is 24.3 Å². The van der Waals surface area contributed by atoms with Crippen molar-refractivity contribution >= 4 is 22.8 Å². The maximum absolute atomic E-state index is 13.4. The molecule has 1 N–H and O–H groups in total. The van der Waals surface area contributed by atoms with Gasteiger partial charge in [-0.25, -0.2) is 8.78 Å². The summed E-state index contributed by atoms with van der Waals surface area (Å²) in [5.74, 6) is -1.71. The van der Waals surface area contributed by atoms with Gasteiger partial charge in [0.25, 0.3) is 0 Å². The van der Waals surface area contributed by atoms with E-state index >= 15 is 0 Å². The van der Waals surface area contributed by atoms with Crippen LogP contribution >= 0.6 is 0 Å². The highest BCUT2D eigenvalue weighted by atomic mass is 32.2. The van der Waals surface area contributed by atoms with E-state index in [1.807, 2.05) is 6.07 Å². The summed E-state index contributed by atoms with van der Waals surface area (Å²) in [7, 11) is -1.21. The van der Waals surface area contributed by atoms with Crippen LogP contribution in [0.3, 0.4) is 0 Å². The summed E-state index contributed by atoms with van der Waals surface area (Å²) in [5.41, 5.74) is -0.268. The molecule has 3 nitrogen and oxygen atoms in total. The lowest BCUT2D eigenvalue weighted by Crippen LogP contribution is -2.25. The minimum Gasteiger partial charge on any atom is -0.352 e. The highest BCUT2D eigenvalue weighted by molar-refractivity contribution is 7.85. The fourth-order valence-electron chi connectivity index (χ4n) is 1.84. The molecule has 0 saturated carbocycles. The summed E-state index contributed by atoms with van der Waals surface area (Å²) >= 11 is 0. The van der Waals surface area contributed by atoms with E-state index in [0.29, 0.717) is 4.90 Å². The molecule has 1 amide bonds. The highest BCUT2D eigenvalue weighted by Gasteiger charge is 2.06. The van der Waals surface area contributed by atoms with Crippen molar-refractivity contribution in [2.75, 3.05) is 12.3 Å². The van der Waals surface area contributed by atoms with Crippen molar-refractivity contribution in [3.05, 3.63) is 71.8 Å². The van der Waals surface area contributed by atoms with Crippen LogP contribution in [-0.2, 0) is 15.6 Å². The molecule has 2 aromatic rings. The molecule has 0 radical (unpaired) electrons. The van der Waals surface area contributed by atoms with E-state index < -0.39 is 28.3 Å². The Labute approximate surface area is 135 Å². The van der Waals surface area contributed by atoms with E-state index in [4.69, 9.17) is 0 Å². The third-order valence-corrected chi connectivity index (χ3v) is 4.37. The van der Waals surface area contributed by atoms with E-state index in [1.165, 1.54) is 6.07 Å². The number of hydrogen-bond donors (Lipinski definition) is 1. The van der Waals surface area contributed by atoms with Gasteiger partial charge in [-0.3, -0.25) is 9.00 Å². The van der Waals surface area contributed by atoms with E-state index in [9.17, 15) is 17.8 Å². The van der Waals surface area contributed by atoms with Gasteiger partial charge in [-0.2, -0.15) is 0 Å². The molecule has 0 saturated heterocycles. The molecule has 2 rings (SSSR count). The quantitative estimate of drug-likeness (QED) is 0.825. The molecule has 23 heavy (non-hydrogen) atoms. The maximum atomic E-state index is 13.4. The molecule has 0 spiro atoms. The number of halogens is 2. The molecular weight excluding hydrogens is 320 g/mol. The zero-order chi connectivity index (χ0) is 16.7. The lowest BCUT2D eigenvalue weighted by molar-refractivity contribution is -0.116. The molecule has 0 heterocycles. The number of carbonyl (C=O) groups excluding carboxylic acids is 1. The van der Waals surface area contributed by atoms with Crippen LogP contribution in [0.1, 0.15) is 5.56 Å². The van der Waals surface area contributed by atoms with Gasteiger partial charge < -0.3 is 5.32 Å². The van der Waals surface area contributed by atoms with Gasteiger partial charge in [0.2, 0.25) is 5.91 Å². The monoisotopic (exact) mass is 335 g/mol. The molecule has 0 fully saturated rings. The van der Waals surface area contributed by atoms with Crippen LogP contribution in [0.25, 0.3) is 6.08 Å². The third-order valence-electron chi connectivity index (χ3n) is 2.99. The Bertz CT molecular complexity index is 712. The van der Waals surface area contributed by atoms with Crippen molar-refractivity contribution < 1.29 is 17.8 Å². The number of rotatable bonds is 6. The molecule has 120 valence electrons. The molecular formula is C17H15F2NO2S. The summed E-state index contributed by atoms with van der Waals surface area (Å²) in [6, 6.07) is 12.4. The first kappa shape index (κ1) is 17.0. The van der Waals surface area contributed by atoms with Crippen LogP contribution in [0.2, 0.25) is 0 Å². The lowest BCUT2D eigenvalue weighted by atomic mass is 10.2. The Morgan fingerprint density at radius 3 is 2.35 bits per heavy atom. The average Bonchev–Trinajstić information content (AvgIpc) is 2.55. The Balaban J connectivity index is 1.84. The summed E-state index contributed by atoms with van der Waals surface area (Å²) < 4.78 is 38.7. The van der Waals surface area contributed by atoms with Crippen molar-refractivity contribution in [2.24, 2.45) is 0 Å². The Morgan fingerprint density at radius 2 is 1.70 bits per heavy atom. The molecule has 0 aliphatic rings.